The first-order valence-corrected chi connectivity index (χ1v) is 10.9. The van der Waals surface area contributed by atoms with Gasteiger partial charge in [-0.25, -0.2) is 5.43 Å². The van der Waals surface area contributed by atoms with Gasteiger partial charge in [0.2, 0.25) is 0 Å². The fourth-order valence-electron chi connectivity index (χ4n) is 3.46. The molecule has 4 rings (SSSR count). The van der Waals surface area contributed by atoms with Crippen molar-refractivity contribution in [1.82, 2.24) is 5.43 Å². The van der Waals surface area contributed by atoms with Gasteiger partial charge in [-0.1, -0.05) is 42.5 Å². The van der Waals surface area contributed by atoms with Crippen LogP contribution in [0.3, 0.4) is 0 Å². The Kier molecular flexibility index (Phi) is 7.16. The molecule has 0 aliphatic rings. The highest BCUT2D eigenvalue weighted by atomic mass is 16.5. The molecule has 0 aliphatic carbocycles. The van der Waals surface area contributed by atoms with E-state index < -0.39 is 0 Å². The molecule has 0 fully saturated rings. The van der Waals surface area contributed by atoms with Crippen LogP contribution in [-0.4, -0.2) is 18.7 Å². The number of rotatable bonds is 8. The van der Waals surface area contributed by atoms with Crippen molar-refractivity contribution in [3.05, 3.63) is 107 Å². The van der Waals surface area contributed by atoms with E-state index in [0.717, 1.165) is 21.9 Å². The van der Waals surface area contributed by atoms with Crippen molar-refractivity contribution in [2.75, 3.05) is 6.61 Å². The molecule has 6 heteroatoms. The fourth-order valence-corrected chi connectivity index (χ4v) is 3.46. The number of nitrogens with one attached hydrogen (secondary N) is 1. The van der Waals surface area contributed by atoms with Crippen molar-refractivity contribution in [1.29, 1.82) is 5.26 Å². The number of ether oxygens (including phenoxy) is 2. The number of fused-ring (bicyclic) bond motifs is 1. The van der Waals surface area contributed by atoms with Crippen LogP contribution >= 0.6 is 0 Å². The summed E-state index contributed by atoms with van der Waals surface area (Å²) < 4.78 is 11.5. The number of amides is 1. The molecular formula is C28H23N3O3. The third-order valence-electron chi connectivity index (χ3n) is 5.20. The number of carbonyl (C=O) groups excluding carboxylic acids is 1. The Balaban J connectivity index is 1.53. The van der Waals surface area contributed by atoms with Crippen molar-refractivity contribution in [2.45, 2.75) is 13.5 Å². The van der Waals surface area contributed by atoms with Gasteiger partial charge in [0.1, 0.15) is 18.1 Å². The molecule has 0 bridgehead atoms. The van der Waals surface area contributed by atoms with Gasteiger partial charge in [-0.15, -0.1) is 0 Å². The molecule has 0 unspecified atom stereocenters. The highest BCUT2D eigenvalue weighted by Crippen LogP contribution is 2.27. The first-order chi connectivity index (χ1) is 16.7. The van der Waals surface area contributed by atoms with Crippen LogP contribution in [0.4, 0.5) is 0 Å². The summed E-state index contributed by atoms with van der Waals surface area (Å²) in [6, 6.07) is 28.0. The maximum atomic E-state index is 12.5. The Morgan fingerprint density at radius 3 is 2.47 bits per heavy atom. The minimum atomic E-state index is -0.320. The Labute approximate surface area is 198 Å². The van der Waals surface area contributed by atoms with Gasteiger partial charge in [-0.2, -0.15) is 10.4 Å². The maximum Gasteiger partial charge on any atom is 0.271 e. The Hall–Kier alpha value is -4.63. The van der Waals surface area contributed by atoms with Crippen LogP contribution in [0, 0.1) is 11.3 Å². The lowest BCUT2D eigenvalue weighted by Gasteiger charge is -2.12. The van der Waals surface area contributed by atoms with Crippen LogP contribution in [0.2, 0.25) is 0 Å². The standard InChI is InChI=1S/C28H23N3O3/c1-2-33-24-14-11-23(12-15-24)28(32)31-30-18-26-25-6-4-3-5-22(25)13-16-27(26)34-19-21-9-7-20(17-29)8-10-21/h3-16,18H,2,19H2,1H3,(H,31,32)/b30-18-. The van der Waals surface area contributed by atoms with Gasteiger partial charge in [0.05, 0.1) is 24.5 Å². The van der Waals surface area contributed by atoms with Crippen LogP contribution in [0.5, 0.6) is 11.5 Å². The van der Waals surface area contributed by atoms with Gasteiger partial charge in [-0.3, -0.25) is 4.79 Å². The molecule has 1 amide bonds. The number of nitrogens with zero attached hydrogens (tertiary/aromatic N) is 2. The van der Waals surface area contributed by atoms with E-state index in [1.165, 1.54) is 0 Å². The van der Waals surface area contributed by atoms with Crippen molar-refractivity contribution >= 4 is 22.9 Å². The Bertz CT molecular complexity index is 1350. The van der Waals surface area contributed by atoms with Gasteiger partial charge >= 0.3 is 0 Å². The number of benzene rings is 4. The van der Waals surface area contributed by atoms with E-state index in [1.54, 1.807) is 42.6 Å². The average Bonchev–Trinajstić information content (AvgIpc) is 2.89. The summed E-state index contributed by atoms with van der Waals surface area (Å²) in [5.41, 5.74) is 5.37. The van der Waals surface area contributed by atoms with E-state index in [2.05, 4.69) is 16.6 Å². The Morgan fingerprint density at radius 1 is 0.971 bits per heavy atom. The third kappa shape index (κ3) is 5.40. The van der Waals surface area contributed by atoms with Crippen LogP contribution < -0.4 is 14.9 Å². The second kappa shape index (κ2) is 10.8. The smallest absolute Gasteiger partial charge is 0.271 e. The number of nitriles is 1. The fraction of sp³-hybridized carbons (Fsp3) is 0.107. The molecule has 0 atom stereocenters. The van der Waals surface area contributed by atoms with Gasteiger partial charge in [0, 0.05) is 11.1 Å². The summed E-state index contributed by atoms with van der Waals surface area (Å²) in [5, 5.41) is 15.2. The van der Waals surface area contributed by atoms with E-state index in [4.69, 9.17) is 14.7 Å². The SMILES string of the molecule is CCOc1ccc(C(=O)N/N=C\c2c(OCc3ccc(C#N)cc3)ccc3ccccc23)cc1. The summed E-state index contributed by atoms with van der Waals surface area (Å²) in [6.45, 7) is 2.81. The molecule has 0 aliphatic heterocycles. The van der Waals surface area contributed by atoms with Crippen molar-refractivity contribution in [2.24, 2.45) is 5.10 Å². The topological polar surface area (TPSA) is 83.7 Å². The predicted octanol–water partition coefficient (Wildman–Crippen LogP) is 5.45. The second-order valence-electron chi connectivity index (χ2n) is 7.45. The molecule has 1 N–H and O–H groups in total. The molecule has 34 heavy (non-hydrogen) atoms. The molecule has 0 heterocycles. The monoisotopic (exact) mass is 449 g/mol. The van der Waals surface area contributed by atoms with Crippen LogP contribution in [0.25, 0.3) is 10.8 Å². The summed E-state index contributed by atoms with van der Waals surface area (Å²) in [6.07, 6.45) is 1.60. The number of carbonyl (C=O) groups is 1. The lowest BCUT2D eigenvalue weighted by atomic mass is 10.0. The number of hydrogen-bond acceptors (Lipinski definition) is 5. The van der Waals surface area contributed by atoms with E-state index in [-0.39, 0.29) is 5.91 Å². The lowest BCUT2D eigenvalue weighted by molar-refractivity contribution is 0.0955. The van der Waals surface area contributed by atoms with Crippen molar-refractivity contribution < 1.29 is 14.3 Å². The number of hydrazone groups is 1. The summed E-state index contributed by atoms with van der Waals surface area (Å²) in [5.74, 6) is 1.03. The molecular weight excluding hydrogens is 426 g/mol. The quantitative estimate of drug-likeness (QED) is 0.286. The maximum absolute atomic E-state index is 12.5. The van der Waals surface area contributed by atoms with E-state index in [0.29, 0.717) is 35.8 Å². The average molecular weight is 450 g/mol. The third-order valence-corrected chi connectivity index (χ3v) is 5.20. The van der Waals surface area contributed by atoms with Crippen LogP contribution in [-0.2, 0) is 6.61 Å². The molecule has 0 aromatic heterocycles. The summed E-state index contributed by atoms with van der Waals surface area (Å²) >= 11 is 0. The second-order valence-corrected chi connectivity index (χ2v) is 7.45. The Morgan fingerprint density at radius 2 is 1.74 bits per heavy atom. The summed E-state index contributed by atoms with van der Waals surface area (Å²) in [4.78, 5) is 12.5. The van der Waals surface area contributed by atoms with E-state index in [9.17, 15) is 4.79 Å². The zero-order valence-corrected chi connectivity index (χ0v) is 18.7. The first-order valence-electron chi connectivity index (χ1n) is 10.9. The molecule has 4 aromatic rings. The highest BCUT2D eigenvalue weighted by Gasteiger charge is 2.09. The normalized spacial score (nSPS) is 10.7. The van der Waals surface area contributed by atoms with Gasteiger partial charge in [0.15, 0.2) is 0 Å². The molecule has 6 nitrogen and oxygen atoms in total. The minimum Gasteiger partial charge on any atom is -0.494 e. The first kappa shape index (κ1) is 22.6. The highest BCUT2D eigenvalue weighted by molar-refractivity contribution is 6.03. The molecule has 0 radical (unpaired) electrons. The molecule has 4 aromatic carbocycles. The van der Waals surface area contributed by atoms with Crippen molar-refractivity contribution in [3.63, 3.8) is 0 Å². The zero-order valence-electron chi connectivity index (χ0n) is 18.7. The van der Waals surface area contributed by atoms with Gasteiger partial charge in [0.25, 0.3) is 5.91 Å². The largest absolute Gasteiger partial charge is 0.494 e. The minimum absolute atomic E-state index is 0.320. The zero-order chi connectivity index (χ0) is 23.8. The molecule has 0 saturated carbocycles. The van der Waals surface area contributed by atoms with Gasteiger partial charge in [-0.05, 0) is 65.7 Å². The van der Waals surface area contributed by atoms with Crippen molar-refractivity contribution in [3.8, 4) is 17.6 Å². The predicted molar refractivity (Wildman–Crippen MR) is 132 cm³/mol. The van der Waals surface area contributed by atoms with Crippen LogP contribution in [0.1, 0.15) is 34.0 Å². The molecule has 168 valence electrons. The van der Waals surface area contributed by atoms with E-state index >= 15 is 0 Å². The van der Waals surface area contributed by atoms with E-state index in [1.807, 2.05) is 55.5 Å². The summed E-state index contributed by atoms with van der Waals surface area (Å²) in [7, 11) is 0. The molecule has 0 saturated heterocycles. The molecule has 0 spiro atoms. The lowest BCUT2D eigenvalue weighted by Crippen LogP contribution is -2.17. The number of hydrogen-bond donors (Lipinski definition) is 1. The van der Waals surface area contributed by atoms with Crippen LogP contribution in [0.15, 0.2) is 90.0 Å². The van der Waals surface area contributed by atoms with Gasteiger partial charge < -0.3 is 9.47 Å².